The summed E-state index contributed by atoms with van der Waals surface area (Å²) in [5, 5.41) is 0. The van der Waals surface area contributed by atoms with Crippen LogP contribution in [0.1, 0.15) is 31.9 Å². The molecule has 17 heavy (non-hydrogen) atoms. The van der Waals surface area contributed by atoms with Crippen LogP contribution >= 0.6 is 0 Å². The van der Waals surface area contributed by atoms with E-state index >= 15 is 0 Å². The summed E-state index contributed by atoms with van der Waals surface area (Å²) in [7, 11) is 1.60. The van der Waals surface area contributed by atoms with Crippen LogP contribution in [0.4, 0.5) is 0 Å². The van der Waals surface area contributed by atoms with Gasteiger partial charge in [-0.15, -0.1) is 0 Å². The van der Waals surface area contributed by atoms with Crippen molar-refractivity contribution in [2.75, 3.05) is 7.11 Å². The lowest BCUT2D eigenvalue weighted by Crippen LogP contribution is -2.37. The molecule has 0 aliphatic heterocycles. The highest BCUT2D eigenvalue weighted by molar-refractivity contribution is 5.86. The minimum atomic E-state index is -0.344. The number of hydrogen-bond acceptors (Lipinski definition) is 2. The molecule has 0 bridgehead atoms. The highest BCUT2D eigenvalue weighted by Gasteiger charge is 2.30. The van der Waals surface area contributed by atoms with Gasteiger partial charge in [-0.3, -0.25) is 4.79 Å². The molecule has 0 heterocycles. The van der Waals surface area contributed by atoms with Gasteiger partial charge in [0.1, 0.15) is 6.10 Å². The molecule has 0 amide bonds. The summed E-state index contributed by atoms with van der Waals surface area (Å²) in [6.45, 7) is 8.10. The Morgan fingerprint density at radius 2 is 2.00 bits per heavy atom. The molecule has 0 N–H and O–H groups in total. The zero-order chi connectivity index (χ0) is 13.1. The highest BCUT2D eigenvalue weighted by Crippen LogP contribution is 2.23. The minimum Gasteiger partial charge on any atom is -0.373 e. The smallest absolute Gasteiger partial charge is 0.166 e. The number of Topliss-reactive ketones (excluding diaryl/α,β-unsaturated/α-hetero) is 1. The third kappa shape index (κ3) is 3.97. The topological polar surface area (TPSA) is 26.3 Å². The first-order valence-corrected chi connectivity index (χ1v) is 5.95. The molecule has 0 aromatic heterocycles. The lowest BCUT2D eigenvalue weighted by atomic mass is 9.84. The maximum atomic E-state index is 12.2. The number of rotatable bonds is 4. The van der Waals surface area contributed by atoms with Crippen molar-refractivity contribution < 1.29 is 9.53 Å². The fraction of sp³-hybridized carbons (Fsp3) is 0.533. The molecule has 0 spiro atoms. The first-order valence-electron chi connectivity index (χ1n) is 5.95. The second-order valence-corrected chi connectivity index (χ2v) is 5.61. The van der Waals surface area contributed by atoms with Crippen molar-refractivity contribution in [1.82, 2.24) is 0 Å². The molecule has 0 radical (unpaired) electrons. The summed E-state index contributed by atoms with van der Waals surface area (Å²) in [5.74, 6) is 0.144. The summed E-state index contributed by atoms with van der Waals surface area (Å²) in [5.41, 5.74) is 2.08. The standard InChI is InChI=1S/C15H22O2/c1-11-7-6-8-12(9-11)10-13(16)14(17-5)15(2,3)4/h6-9,14H,10H2,1-5H3. The van der Waals surface area contributed by atoms with Gasteiger partial charge in [-0.2, -0.15) is 0 Å². The van der Waals surface area contributed by atoms with Crippen molar-refractivity contribution in [3.8, 4) is 0 Å². The van der Waals surface area contributed by atoms with E-state index < -0.39 is 0 Å². The van der Waals surface area contributed by atoms with Crippen LogP contribution in [0.15, 0.2) is 24.3 Å². The highest BCUT2D eigenvalue weighted by atomic mass is 16.5. The zero-order valence-electron chi connectivity index (χ0n) is 11.4. The summed E-state index contributed by atoms with van der Waals surface area (Å²) in [6.07, 6.45) is 0.0975. The average molecular weight is 234 g/mol. The molecular weight excluding hydrogens is 212 g/mol. The van der Waals surface area contributed by atoms with Crippen molar-refractivity contribution in [2.24, 2.45) is 5.41 Å². The predicted molar refractivity (Wildman–Crippen MR) is 70.1 cm³/mol. The van der Waals surface area contributed by atoms with Gasteiger partial charge in [0.15, 0.2) is 5.78 Å². The molecule has 0 fully saturated rings. The van der Waals surface area contributed by atoms with E-state index in [9.17, 15) is 4.79 Å². The lowest BCUT2D eigenvalue weighted by molar-refractivity contribution is -0.134. The van der Waals surface area contributed by atoms with E-state index in [1.165, 1.54) is 5.56 Å². The Balaban J connectivity index is 2.78. The van der Waals surface area contributed by atoms with Gasteiger partial charge in [0.25, 0.3) is 0 Å². The van der Waals surface area contributed by atoms with Crippen LogP contribution in [0.3, 0.4) is 0 Å². The Morgan fingerprint density at radius 3 is 2.47 bits per heavy atom. The SMILES string of the molecule is COC(C(=O)Cc1cccc(C)c1)C(C)(C)C. The summed E-state index contributed by atoms with van der Waals surface area (Å²) >= 11 is 0. The fourth-order valence-corrected chi connectivity index (χ4v) is 2.08. The van der Waals surface area contributed by atoms with E-state index in [1.54, 1.807) is 7.11 Å². The largest absolute Gasteiger partial charge is 0.373 e. The number of benzene rings is 1. The molecule has 1 aromatic carbocycles. The van der Waals surface area contributed by atoms with Gasteiger partial charge in [-0.05, 0) is 17.9 Å². The summed E-state index contributed by atoms with van der Waals surface area (Å²) in [4.78, 5) is 12.2. The first-order chi connectivity index (χ1) is 7.84. The third-order valence-electron chi connectivity index (χ3n) is 2.78. The van der Waals surface area contributed by atoms with E-state index in [1.807, 2.05) is 52.0 Å². The molecular formula is C15H22O2. The van der Waals surface area contributed by atoms with Crippen LogP contribution in [0.2, 0.25) is 0 Å². The van der Waals surface area contributed by atoms with Crippen molar-refractivity contribution in [3.63, 3.8) is 0 Å². The second kappa shape index (κ2) is 5.46. The molecule has 1 rings (SSSR count). The molecule has 1 atom stereocenters. The van der Waals surface area contributed by atoms with Gasteiger partial charge >= 0.3 is 0 Å². The molecule has 1 aromatic rings. The third-order valence-corrected chi connectivity index (χ3v) is 2.78. The van der Waals surface area contributed by atoms with Gasteiger partial charge in [0, 0.05) is 13.5 Å². The number of ether oxygens (including phenoxy) is 1. The predicted octanol–water partition coefficient (Wildman–Crippen LogP) is 3.17. The van der Waals surface area contributed by atoms with E-state index in [-0.39, 0.29) is 17.3 Å². The Hall–Kier alpha value is -1.15. The Morgan fingerprint density at radius 1 is 1.35 bits per heavy atom. The van der Waals surface area contributed by atoms with E-state index in [0.717, 1.165) is 5.56 Å². The first kappa shape index (κ1) is 13.9. The zero-order valence-corrected chi connectivity index (χ0v) is 11.4. The average Bonchev–Trinajstić information content (AvgIpc) is 2.15. The molecule has 1 unspecified atom stereocenters. The second-order valence-electron chi connectivity index (χ2n) is 5.61. The molecule has 0 saturated heterocycles. The molecule has 2 nitrogen and oxygen atoms in total. The Labute approximate surface area is 104 Å². The molecule has 0 aliphatic carbocycles. The normalized spacial score (nSPS) is 13.5. The maximum Gasteiger partial charge on any atom is 0.166 e. The number of ketones is 1. The Kier molecular flexibility index (Phi) is 4.47. The van der Waals surface area contributed by atoms with Crippen molar-refractivity contribution in [3.05, 3.63) is 35.4 Å². The van der Waals surface area contributed by atoms with Crippen LogP contribution in [-0.4, -0.2) is 19.0 Å². The molecule has 2 heteroatoms. The van der Waals surface area contributed by atoms with Gasteiger partial charge < -0.3 is 4.74 Å². The fourth-order valence-electron chi connectivity index (χ4n) is 2.08. The van der Waals surface area contributed by atoms with Crippen LogP contribution in [-0.2, 0) is 16.0 Å². The van der Waals surface area contributed by atoms with Crippen molar-refractivity contribution in [2.45, 2.75) is 40.2 Å². The van der Waals surface area contributed by atoms with E-state index in [4.69, 9.17) is 4.74 Å². The lowest BCUT2D eigenvalue weighted by Gasteiger charge is -2.28. The number of carbonyl (C=O) groups is 1. The van der Waals surface area contributed by atoms with E-state index in [2.05, 4.69) is 0 Å². The van der Waals surface area contributed by atoms with Crippen molar-refractivity contribution in [1.29, 1.82) is 0 Å². The summed E-state index contributed by atoms with van der Waals surface area (Å²) in [6, 6.07) is 8.05. The van der Waals surface area contributed by atoms with Crippen LogP contribution in [0, 0.1) is 12.3 Å². The van der Waals surface area contributed by atoms with Crippen LogP contribution in [0.25, 0.3) is 0 Å². The number of aryl methyl sites for hydroxylation is 1. The molecule has 94 valence electrons. The molecule has 0 aliphatic rings. The van der Waals surface area contributed by atoms with Crippen LogP contribution in [0.5, 0.6) is 0 Å². The van der Waals surface area contributed by atoms with Gasteiger partial charge in [-0.25, -0.2) is 0 Å². The Bertz CT molecular complexity index is 388. The van der Waals surface area contributed by atoms with Gasteiger partial charge in [0.05, 0.1) is 0 Å². The van der Waals surface area contributed by atoms with Crippen LogP contribution < -0.4 is 0 Å². The molecule has 0 saturated carbocycles. The van der Waals surface area contributed by atoms with Gasteiger partial charge in [0.2, 0.25) is 0 Å². The number of carbonyl (C=O) groups excluding carboxylic acids is 1. The monoisotopic (exact) mass is 234 g/mol. The number of methoxy groups -OCH3 is 1. The minimum absolute atomic E-state index is 0.144. The maximum absolute atomic E-state index is 12.2. The van der Waals surface area contributed by atoms with E-state index in [0.29, 0.717) is 6.42 Å². The number of hydrogen-bond donors (Lipinski definition) is 0. The quantitative estimate of drug-likeness (QED) is 0.800. The summed E-state index contributed by atoms with van der Waals surface area (Å²) < 4.78 is 5.33. The van der Waals surface area contributed by atoms with Crippen molar-refractivity contribution >= 4 is 5.78 Å². The van der Waals surface area contributed by atoms with Gasteiger partial charge in [-0.1, -0.05) is 50.6 Å².